The maximum atomic E-state index is 14.2. The molecule has 3 aromatic carbocycles. The molecule has 2 heterocycles. The van der Waals surface area contributed by atoms with Gasteiger partial charge in [-0.15, -0.1) is 0 Å². The molecule has 0 bridgehead atoms. The van der Waals surface area contributed by atoms with E-state index < -0.39 is 53.7 Å². The number of hydrogen-bond acceptors (Lipinski definition) is 7. The van der Waals surface area contributed by atoms with Crippen molar-refractivity contribution in [3.63, 3.8) is 0 Å². The van der Waals surface area contributed by atoms with Crippen LogP contribution in [0.3, 0.4) is 0 Å². The molecule has 2 aliphatic heterocycles. The Morgan fingerprint density at radius 2 is 1.70 bits per heavy atom. The third-order valence-corrected chi connectivity index (χ3v) is 9.43. The Labute approximate surface area is 290 Å². The Hall–Kier alpha value is -5.46. The predicted octanol–water partition coefficient (Wildman–Crippen LogP) is 1.05. The number of phenolic OH excluding ortho intramolecular Hbond substituents is 1. The van der Waals surface area contributed by atoms with Crippen LogP contribution in [0.15, 0.2) is 54.6 Å². The van der Waals surface area contributed by atoms with E-state index in [0.717, 1.165) is 33.0 Å². The number of hydrogen-bond donors (Lipinski definition) is 6. The summed E-state index contributed by atoms with van der Waals surface area (Å²) in [6.07, 6.45) is 2.05. The first kappa shape index (κ1) is 35.8. The Bertz CT molecular complexity index is 1750. The molecule has 50 heavy (non-hydrogen) atoms. The molecule has 6 amide bonds. The van der Waals surface area contributed by atoms with E-state index in [-0.39, 0.29) is 44.5 Å². The lowest BCUT2D eigenvalue weighted by Gasteiger charge is -2.30. The van der Waals surface area contributed by atoms with Crippen molar-refractivity contribution >= 4 is 46.7 Å². The zero-order chi connectivity index (χ0) is 35.8. The van der Waals surface area contributed by atoms with Gasteiger partial charge in [0.2, 0.25) is 35.9 Å². The first-order valence-corrected chi connectivity index (χ1v) is 17.0. The summed E-state index contributed by atoms with van der Waals surface area (Å²) in [6.45, 7) is 3.80. The molecular formula is C37H44N6O7. The highest BCUT2D eigenvalue weighted by atomic mass is 16.3. The second-order valence-corrected chi connectivity index (χ2v) is 13.0. The van der Waals surface area contributed by atoms with Gasteiger partial charge in [0.05, 0.1) is 6.54 Å². The average Bonchev–Trinajstić information content (AvgIpc) is 3.58. The van der Waals surface area contributed by atoms with Gasteiger partial charge in [-0.25, -0.2) is 0 Å². The quantitative estimate of drug-likeness (QED) is 0.192. The molecule has 0 radical (unpaired) electrons. The van der Waals surface area contributed by atoms with E-state index in [4.69, 9.17) is 0 Å². The number of rotatable bonds is 8. The summed E-state index contributed by atoms with van der Waals surface area (Å²) in [4.78, 5) is 80.6. The molecule has 4 atom stereocenters. The van der Waals surface area contributed by atoms with Gasteiger partial charge in [0, 0.05) is 25.9 Å². The number of fused-ring (bicyclic) bond motifs is 2. The van der Waals surface area contributed by atoms with Crippen LogP contribution < -0.4 is 26.6 Å². The SMILES string of the molecule is Cc1cc(O)cc(C)c1C[C@H](NC=O)C(=O)N[C@H]1CCCNC(=O)CNC(=O)[C@H]2CCCN2C(=O)[C@H](Cc2ccc3ccccc3c2)NC1=O. The van der Waals surface area contributed by atoms with Crippen LogP contribution in [-0.2, 0) is 41.6 Å². The molecule has 0 aromatic heterocycles. The molecular weight excluding hydrogens is 640 g/mol. The predicted molar refractivity (Wildman–Crippen MR) is 186 cm³/mol. The van der Waals surface area contributed by atoms with E-state index in [1.165, 1.54) is 4.90 Å². The first-order chi connectivity index (χ1) is 24.0. The Morgan fingerprint density at radius 3 is 2.44 bits per heavy atom. The minimum Gasteiger partial charge on any atom is -0.508 e. The molecule has 5 rings (SSSR count). The summed E-state index contributed by atoms with van der Waals surface area (Å²) in [5.41, 5.74) is 3.03. The van der Waals surface area contributed by atoms with Crippen molar-refractivity contribution < 1.29 is 33.9 Å². The van der Waals surface area contributed by atoms with E-state index in [1.807, 2.05) is 42.5 Å². The van der Waals surface area contributed by atoms with Crippen molar-refractivity contribution in [3.8, 4) is 5.75 Å². The number of carbonyl (C=O) groups is 6. The van der Waals surface area contributed by atoms with E-state index in [1.54, 1.807) is 26.0 Å². The van der Waals surface area contributed by atoms with Gasteiger partial charge in [-0.3, -0.25) is 28.8 Å². The Kier molecular flexibility index (Phi) is 11.7. The molecule has 0 aliphatic carbocycles. The van der Waals surface area contributed by atoms with Gasteiger partial charge in [-0.05, 0) is 84.7 Å². The number of amides is 6. The zero-order valence-corrected chi connectivity index (χ0v) is 28.3. The van der Waals surface area contributed by atoms with Crippen LogP contribution in [0.2, 0.25) is 0 Å². The molecule has 3 aromatic rings. The lowest BCUT2D eigenvalue weighted by Crippen LogP contribution is -2.58. The minimum atomic E-state index is -1.12. The van der Waals surface area contributed by atoms with E-state index in [0.29, 0.717) is 25.8 Å². The summed E-state index contributed by atoms with van der Waals surface area (Å²) in [6, 6.07) is 12.7. The van der Waals surface area contributed by atoms with Crippen molar-refractivity contribution in [2.75, 3.05) is 19.6 Å². The summed E-state index contributed by atoms with van der Waals surface area (Å²) in [5.74, 6) is -2.43. The lowest BCUT2D eigenvalue weighted by molar-refractivity contribution is -0.142. The third kappa shape index (κ3) is 8.76. The number of aromatic hydroxyl groups is 1. The van der Waals surface area contributed by atoms with Crippen molar-refractivity contribution in [1.29, 1.82) is 0 Å². The van der Waals surface area contributed by atoms with Gasteiger partial charge >= 0.3 is 0 Å². The average molecular weight is 685 g/mol. The Morgan fingerprint density at radius 1 is 0.960 bits per heavy atom. The lowest BCUT2D eigenvalue weighted by atomic mass is 9.95. The molecule has 264 valence electrons. The maximum absolute atomic E-state index is 14.2. The standard InChI is InChI=1S/C37H44N6O7/c1-22-15-27(45)16-23(2)28(22)19-30(40-21-44)35(48)41-29-9-5-13-38-33(46)20-39-36(49)32-10-6-14-43(32)37(50)31(42-34(29)47)18-24-11-12-25-7-3-4-8-26(25)17-24/h3-4,7-8,11-12,15-17,21,29-32,45H,5-6,9-10,13-14,18-20H2,1-2H3,(H,38,46)(H,39,49)(H,40,44)(H,41,48)(H,42,47)/t29-,30-,31-,32+/m0/s1. The van der Waals surface area contributed by atoms with E-state index in [9.17, 15) is 33.9 Å². The topological polar surface area (TPSA) is 186 Å². The third-order valence-electron chi connectivity index (χ3n) is 9.43. The van der Waals surface area contributed by atoms with Gasteiger partial charge < -0.3 is 36.6 Å². The second-order valence-electron chi connectivity index (χ2n) is 13.0. The van der Waals surface area contributed by atoms with Gasteiger partial charge in [-0.1, -0.05) is 42.5 Å². The smallest absolute Gasteiger partial charge is 0.246 e. The largest absolute Gasteiger partial charge is 0.508 e. The molecule has 0 saturated carbocycles. The Balaban J connectivity index is 1.43. The van der Waals surface area contributed by atoms with Crippen molar-refractivity contribution in [3.05, 3.63) is 76.9 Å². The summed E-state index contributed by atoms with van der Waals surface area (Å²) < 4.78 is 0. The number of carbonyl (C=O) groups excluding carboxylic acids is 6. The van der Waals surface area contributed by atoms with Crippen LogP contribution in [0.1, 0.15) is 47.9 Å². The second kappa shape index (κ2) is 16.3. The van der Waals surface area contributed by atoms with Crippen LogP contribution in [0, 0.1) is 13.8 Å². The van der Waals surface area contributed by atoms with Crippen LogP contribution in [0.5, 0.6) is 5.75 Å². The summed E-state index contributed by atoms with van der Waals surface area (Å²) in [7, 11) is 0. The van der Waals surface area contributed by atoms with Crippen molar-refractivity contribution in [1.82, 2.24) is 31.5 Å². The number of nitrogens with zero attached hydrogens (tertiary/aromatic N) is 1. The van der Waals surface area contributed by atoms with Gasteiger partial charge in [0.15, 0.2) is 0 Å². The highest BCUT2D eigenvalue weighted by molar-refractivity contribution is 5.96. The van der Waals surface area contributed by atoms with Crippen LogP contribution >= 0.6 is 0 Å². The van der Waals surface area contributed by atoms with Gasteiger partial charge in [0.1, 0.15) is 29.9 Å². The zero-order valence-electron chi connectivity index (χ0n) is 28.3. The van der Waals surface area contributed by atoms with Crippen LogP contribution in [-0.4, -0.2) is 89.8 Å². The highest BCUT2D eigenvalue weighted by Gasteiger charge is 2.39. The number of phenols is 1. The maximum Gasteiger partial charge on any atom is 0.246 e. The molecule has 2 fully saturated rings. The van der Waals surface area contributed by atoms with Crippen LogP contribution in [0.25, 0.3) is 10.8 Å². The molecule has 0 spiro atoms. The number of aryl methyl sites for hydroxylation is 2. The fourth-order valence-corrected chi connectivity index (χ4v) is 6.81. The van der Waals surface area contributed by atoms with E-state index in [2.05, 4.69) is 26.6 Å². The molecule has 2 saturated heterocycles. The summed E-state index contributed by atoms with van der Waals surface area (Å²) >= 11 is 0. The van der Waals surface area contributed by atoms with Gasteiger partial charge in [-0.2, -0.15) is 0 Å². The monoisotopic (exact) mass is 684 g/mol. The molecule has 13 heteroatoms. The molecule has 2 aliphatic rings. The van der Waals surface area contributed by atoms with Crippen molar-refractivity contribution in [2.45, 2.75) is 76.5 Å². The minimum absolute atomic E-state index is 0.0838. The molecule has 0 unspecified atom stereocenters. The first-order valence-electron chi connectivity index (χ1n) is 17.0. The highest BCUT2D eigenvalue weighted by Crippen LogP contribution is 2.23. The molecule has 6 N–H and O–H groups in total. The number of benzene rings is 3. The van der Waals surface area contributed by atoms with Gasteiger partial charge in [0.25, 0.3) is 0 Å². The van der Waals surface area contributed by atoms with E-state index >= 15 is 0 Å². The van der Waals surface area contributed by atoms with Crippen LogP contribution in [0.4, 0.5) is 0 Å². The fourth-order valence-electron chi connectivity index (χ4n) is 6.81. The summed E-state index contributed by atoms with van der Waals surface area (Å²) in [5, 5.41) is 25.5. The number of nitrogens with one attached hydrogen (secondary N) is 5. The normalized spacial score (nSPS) is 21.2. The molecule has 13 nitrogen and oxygen atoms in total. The fraction of sp³-hybridized carbons (Fsp3) is 0.405. The van der Waals surface area contributed by atoms with Crippen molar-refractivity contribution in [2.24, 2.45) is 0 Å².